The van der Waals surface area contributed by atoms with E-state index in [1.807, 2.05) is 0 Å². The third-order valence-corrected chi connectivity index (χ3v) is 15.1. The second-order valence-corrected chi connectivity index (χ2v) is 18.3. The maximum Gasteiger partial charge on any atom is 0.0726 e. The van der Waals surface area contributed by atoms with Crippen LogP contribution in [-0.4, -0.2) is 0 Å². The van der Waals surface area contributed by atoms with Crippen molar-refractivity contribution in [3.8, 4) is 44.5 Å². The van der Waals surface area contributed by atoms with E-state index in [0.717, 1.165) is 17.1 Å². The third kappa shape index (κ3) is 5.14. The van der Waals surface area contributed by atoms with Crippen LogP contribution in [0.2, 0.25) is 0 Å². The first-order valence-corrected chi connectivity index (χ1v) is 23.4. The molecule has 11 aromatic rings. The zero-order chi connectivity index (χ0) is 44.1. The highest BCUT2D eigenvalue weighted by molar-refractivity contribution is 6.07. The van der Waals surface area contributed by atoms with Crippen molar-refractivity contribution in [2.45, 2.75) is 10.8 Å². The summed E-state index contributed by atoms with van der Waals surface area (Å²) in [5.74, 6) is 0. The summed E-state index contributed by atoms with van der Waals surface area (Å²) < 4.78 is 0. The summed E-state index contributed by atoms with van der Waals surface area (Å²) in [5, 5.41) is 2.50. The summed E-state index contributed by atoms with van der Waals surface area (Å²) in [6.45, 7) is 0. The summed E-state index contributed by atoms with van der Waals surface area (Å²) in [5.41, 5.74) is 23.0. The Morgan fingerprint density at radius 2 is 0.731 bits per heavy atom. The molecule has 0 radical (unpaired) electrons. The molecule has 0 aromatic heterocycles. The highest BCUT2D eigenvalue weighted by Crippen LogP contribution is 2.64. The van der Waals surface area contributed by atoms with Crippen LogP contribution in [0.15, 0.2) is 261 Å². The van der Waals surface area contributed by atoms with Crippen LogP contribution < -0.4 is 4.90 Å². The lowest BCUT2D eigenvalue weighted by atomic mass is 9.66. The topological polar surface area (TPSA) is 3.24 Å². The molecule has 0 unspecified atom stereocenters. The second-order valence-electron chi connectivity index (χ2n) is 18.3. The molecule has 0 aliphatic heterocycles. The molecule has 67 heavy (non-hydrogen) atoms. The minimum Gasteiger partial charge on any atom is -0.310 e. The van der Waals surface area contributed by atoms with Crippen molar-refractivity contribution in [2.75, 3.05) is 4.90 Å². The summed E-state index contributed by atoms with van der Waals surface area (Å²) in [7, 11) is 0. The van der Waals surface area contributed by atoms with Crippen LogP contribution in [0.3, 0.4) is 0 Å². The predicted octanol–water partition coefficient (Wildman–Crippen LogP) is 16.7. The van der Waals surface area contributed by atoms with Crippen molar-refractivity contribution in [3.63, 3.8) is 0 Å². The lowest BCUT2D eigenvalue weighted by molar-refractivity contribution is 0.775. The molecule has 0 fully saturated rings. The molecule has 0 atom stereocenters. The Bertz CT molecular complexity index is 3640. The highest BCUT2D eigenvalue weighted by Gasteiger charge is 2.52. The van der Waals surface area contributed by atoms with E-state index in [4.69, 9.17) is 0 Å². The zero-order valence-electron chi connectivity index (χ0n) is 36.8. The van der Waals surface area contributed by atoms with Gasteiger partial charge in [0, 0.05) is 17.1 Å². The molecule has 0 amide bonds. The van der Waals surface area contributed by atoms with Gasteiger partial charge in [-0.25, -0.2) is 0 Å². The van der Waals surface area contributed by atoms with Crippen molar-refractivity contribution in [1.82, 2.24) is 0 Å². The summed E-state index contributed by atoms with van der Waals surface area (Å²) >= 11 is 0. The quantitative estimate of drug-likeness (QED) is 0.161. The van der Waals surface area contributed by atoms with Gasteiger partial charge in [-0.3, -0.25) is 0 Å². The standard InChI is InChI=1S/C66H43N/c1-5-21-44(22-6-1)56-41-45-23-13-14-30-51(45)64-63(56)57-42-49(38-40-61(57)65(64,46-24-7-2-8-25-46)47-26-9-3-10-27-47)67(48-28-11-4-12-29-48)50-37-39-55-54-33-17-20-36-60(54)66(62(55)43-50)58-34-18-15-31-52(58)53-32-16-19-35-59(53)66/h1-43H. The fourth-order valence-electron chi connectivity index (χ4n) is 12.6. The van der Waals surface area contributed by atoms with Crippen LogP contribution in [0.25, 0.3) is 55.3 Å². The molecule has 3 aliphatic carbocycles. The number of rotatable bonds is 6. The van der Waals surface area contributed by atoms with Gasteiger partial charge in [-0.15, -0.1) is 0 Å². The number of para-hydroxylation sites is 1. The number of hydrogen-bond donors (Lipinski definition) is 0. The smallest absolute Gasteiger partial charge is 0.0726 e. The van der Waals surface area contributed by atoms with Gasteiger partial charge in [-0.05, 0) is 142 Å². The molecule has 0 N–H and O–H groups in total. The van der Waals surface area contributed by atoms with Crippen molar-refractivity contribution in [1.29, 1.82) is 0 Å². The fourth-order valence-corrected chi connectivity index (χ4v) is 12.6. The maximum absolute atomic E-state index is 2.50. The Labute approximate surface area is 391 Å². The number of nitrogens with zero attached hydrogens (tertiary/aromatic N) is 1. The number of benzene rings is 11. The molecule has 312 valence electrons. The van der Waals surface area contributed by atoms with Crippen LogP contribution in [0.4, 0.5) is 17.1 Å². The Kier molecular flexibility index (Phi) is 8.18. The van der Waals surface area contributed by atoms with Crippen molar-refractivity contribution >= 4 is 27.8 Å². The molecule has 14 rings (SSSR count). The van der Waals surface area contributed by atoms with Gasteiger partial charge in [-0.2, -0.15) is 0 Å². The first-order valence-electron chi connectivity index (χ1n) is 23.4. The summed E-state index contributed by atoms with van der Waals surface area (Å²) in [4.78, 5) is 2.48. The van der Waals surface area contributed by atoms with E-state index in [0.29, 0.717) is 0 Å². The molecule has 3 aliphatic rings. The van der Waals surface area contributed by atoms with Crippen molar-refractivity contribution < 1.29 is 0 Å². The van der Waals surface area contributed by atoms with Crippen LogP contribution in [-0.2, 0) is 10.8 Å². The first-order chi connectivity index (χ1) is 33.3. The number of hydrogen-bond acceptors (Lipinski definition) is 1. The Balaban J connectivity index is 1.07. The second kappa shape index (κ2) is 14.5. The average Bonchev–Trinajstić information content (AvgIpc) is 4.00. The van der Waals surface area contributed by atoms with Crippen LogP contribution in [0.1, 0.15) is 44.5 Å². The zero-order valence-corrected chi connectivity index (χ0v) is 36.8. The van der Waals surface area contributed by atoms with Gasteiger partial charge in [0.05, 0.1) is 10.8 Å². The molecular weight excluding hydrogens is 807 g/mol. The van der Waals surface area contributed by atoms with E-state index >= 15 is 0 Å². The average molecular weight is 850 g/mol. The summed E-state index contributed by atoms with van der Waals surface area (Å²) in [6.07, 6.45) is 0. The van der Waals surface area contributed by atoms with Crippen LogP contribution in [0.5, 0.6) is 0 Å². The molecule has 1 nitrogen and oxygen atoms in total. The van der Waals surface area contributed by atoms with Crippen molar-refractivity contribution in [2.24, 2.45) is 0 Å². The SMILES string of the molecule is c1ccc(-c2cc3ccccc3c3c2-c2cc(N(c4ccccc4)c4ccc5c(c4)C4(c6ccccc6-c6ccccc64)c4ccccc4-5)ccc2C3(c2ccccc2)c2ccccc2)cc1. The number of anilines is 3. The third-order valence-electron chi connectivity index (χ3n) is 15.1. The number of fused-ring (bicyclic) bond motifs is 15. The largest absolute Gasteiger partial charge is 0.310 e. The Morgan fingerprint density at radius 3 is 1.34 bits per heavy atom. The fraction of sp³-hybridized carbons (Fsp3) is 0.0303. The van der Waals surface area contributed by atoms with Gasteiger partial charge in [0.25, 0.3) is 0 Å². The van der Waals surface area contributed by atoms with Gasteiger partial charge in [-0.1, -0.05) is 218 Å². The van der Waals surface area contributed by atoms with E-state index in [-0.39, 0.29) is 0 Å². The van der Waals surface area contributed by atoms with Gasteiger partial charge in [0.2, 0.25) is 0 Å². The lowest BCUT2D eigenvalue weighted by Gasteiger charge is -2.35. The molecule has 0 heterocycles. The van der Waals surface area contributed by atoms with Crippen molar-refractivity contribution in [3.05, 3.63) is 305 Å². The Hall–Kier alpha value is -8.52. The monoisotopic (exact) mass is 849 g/mol. The minimum atomic E-state index is -0.595. The van der Waals surface area contributed by atoms with E-state index < -0.39 is 10.8 Å². The van der Waals surface area contributed by atoms with Crippen LogP contribution in [0, 0.1) is 0 Å². The summed E-state index contributed by atoms with van der Waals surface area (Å²) in [6, 6.07) is 97.6. The molecule has 0 saturated carbocycles. The van der Waals surface area contributed by atoms with E-state index in [1.54, 1.807) is 0 Å². The predicted molar refractivity (Wildman–Crippen MR) is 278 cm³/mol. The Morgan fingerprint density at radius 1 is 0.269 bits per heavy atom. The molecule has 0 saturated heterocycles. The van der Waals surface area contributed by atoms with Gasteiger partial charge in [0.15, 0.2) is 0 Å². The maximum atomic E-state index is 2.50. The lowest BCUT2D eigenvalue weighted by Crippen LogP contribution is -2.29. The normalized spacial score (nSPS) is 13.9. The van der Waals surface area contributed by atoms with Gasteiger partial charge in [0.1, 0.15) is 0 Å². The minimum absolute atomic E-state index is 0.453. The molecule has 1 spiro atoms. The van der Waals surface area contributed by atoms with E-state index in [2.05, 4.69) is 266 Å². The van der Waals surface area contributed by atoms with Crippen LogP contribution >= 0.6 is 0 Å². The molecule has 1 heteroatoms. The highest BCUT2D eigenvalue weighted by atomic mass is 15.1. The molecule has 11 aromatic carbocycles. The van der Waals surface area contributed by atoms with E-state index in [9.17, 15) is 0 Å². The van der Waals surface area contributed by atoms with E-state index in [1.165, 1.54) is 99.8 Å². The first kappa shape index (κ1) is 37.8. The van der Waals surface area contributed by atoms with Gasteiger partial charge < -0.3 is 4.90 Å². The molecular formula is C66H43N. The molecule has 0 bridgehead atoms. The van der Waals surface area contributed by atoms with Gasteiger partial charge >= 0.3 is 0 Å².